The molecule has 178 valence electrons. The molecule has 34 heavy (non-hydrogen) atoms. The summed E-state index contributed by atoms with van der Waals surface area (Å²) in [5.74, 6) is -1.54. The maximum atomic E-state index is 13.5. The molecular formula is C26H28FN3O3S. The maximum Gasteiger partial charge on any atom is 0.261 e. The van der Waals surface area contributed by atoms with Crippen molar-refractivity contribution >= 4 is 29.1 Å². The molecule has 2 N–H and O–H groups in total. The van der Waals surface area contributed by atoms with Gasteiger partial charge in [-0.25, -0.2) is 4.39 Å². The van der Waals surface area contributed by atoms with Crippen molar-refractivity contribution in [2.45, 2.75) is 38.9 Å². The van der Waals surface area contributed by atoms with Gasteiger partial charge in [-0.15, -0.1) is 11.3 Å². The molecule has 0 radical (unpaired) electrons. The van der Waals surface area contributed by atoms with E-state index in [1.807, 2.05) is 26.8 Å². The van der Waals surface area contributed by atoms with Gasteiger partial charge in [0, 0.05) is 12.1 Å². The molecule has 0 aliphatic heterocycles. The molecule has 0 saturated carbocycles. The highest BCUT2D eigenvalue weighted by atomic mass is 32.1. The van der Waals surface area contributed by atoms with Crippen LogP contribution in [-0.4, -0.2) is 34.7 Å². The van der Waals surface area contributed by atoms with Gasteiger partial charge in [0.15, 0.2) is 0 Å². The zero-order valence-electron chi connectivity index (χ0n) is 19.4. The Bertz CT molecular complexity index is 1110. The Labute approximate surface area is 202 Å². The van der Waals surface area contributed by atoms with Crippen LogP contribution >= 0.6 is 11.3 Å². The second-order valence-corrected chi connectivity index (χ2v) is 9.81. The van der Waals surface area contributed by atoms with Crippen LogP contribution in [0.2, 0.25) is 0 Å². The lowest BCUT2D eigenvalue weighted by Gasteiger charge is -2.34. The minimum Gasteiger partial charge on any atom is -0.349 e. The summed E-state index contributed by atoms with van der Waals surface area (Å²) >= 11 is 1.27. The van der Waals surface area contributed by atoms with Crippen LogP contribution in [0.15, 0.2) is 72.1 Å². The average molecular weight is 482 g/mol. The monoisotopic (exact) mass is 481 g/mol. The molecule has 0 aliphatic carbocycles. The first kappa shape index (κ1) is 25.1. The van der Waals surface area contributed by atoms with Gasteiger partial charge in [0.25, 0.3) is 5.91 Å². The van der Waals surface area contributed by atoms with Gasteiger partial charge in [0.1, 0.15) is 11.9 Å². The fraction of sp³-hybridized carbons (Fsp3) is 0.269. The first-order valence-corrected chi connectivity index (χ1v) is 11.7. The van der Waals surface area contributed by atoms with Gasteiger partial charge in [-0.1, -0.05) is 48.5 Å². The molecule has 1 heterocycles. The second-order valence-electron chi connectivity index (χ2n) is 8.86. The number of hydrogen-bond donors (Lipinski definition) is 2. The van der Waals surface area contributed by atoms with Crippen molar-refractivity contribution in [2.24, 2.45) is 0 Å². The normalized spacial score (nSPS) is 12.0. The minimum atomic E-state index is -0.948. The molecular weight excluding hydrogens is 453 g/mol. The molecule has 3 aromatic rings. The first-order valence-electron chi connectivity index (χ1n) is 10.9. The van der Waals surface area contributed by atoms with E-state index in [1.54, 1.807) is 53.9 Å². The fourth-order valence-corrected chi connectivity index (χ4v) is 4.05. The number of amides is 3. The van der Waals surface area contributed by atoms with E-state index in [4.69, 9.17) is 0 Å². The Kier molecular flexibility index (Phi) is 8.17. The van der Waals surface area contributed by atoms with E-state index in [9.17, 15) is 18.8 Å². The standard InChI is InChI=1S/C26H28FN3O3S/c1-26(2,3)29-25(33)23(19-8-5-4-6-9-19)30(17-18-11-13-20(27)14-12-18)22(31)16-28-24(32)21-10-7-15-34-21/h4-15,23H,16-17H2,1-3H3,(H,28,32)(H,29,33)/t23-/m0/s1. The molecule has 6 nitrogen and oxygen atoms in total. The third kappa shape index (κ3) is 6.99. The molecule has 0 fully saturated rings. The molecule has 0 aliphatic rings. The molecule has 2 aromatic carbocycles. The predicted molar refractivity (Wildman–Crippen MR) is 131 cm³/mol. The van der Waals surface area contributed by atoms with Crippen molar-refractivity contribution < 1.29 is 18.8 Å². The summed E-state index contributed by atoms with van der Waals surface area (Å²) in [6.07, 6.45) is 0. The molecule has 1 atom stereocenters. The lowest BCUT2D eigenvalue weighted by atomic mass is 10.0. The highest BCUT2D eigenvalue weighted by Crippen LogP contribution is 2.25. The Hall–Kier alpha value is -3.52. The molecule has 8 heteroatoms. The van der Waals surface area contributed by atoms with Crippen LogP contribution in [0.1, 0.15) is 47.6 Å². The number of nitrogens with one attached hydrogen (secondary N) is 2. The van der Waals surface area contributed by atoms with Crippen molar-refractivity contribution in [1.82, 2.24) is 15.5 Å². The summed E-state index contributed by atoms with van der Waals surface area (Å²) in [7, 11) is 0. The van der Waals surface area contributed by atoms with Gasteiger partial charge in [-0.2, -0.15) is 0 Å². The lowest BCUT2D eigenvalue weighted by Crippen LogP contribution is -2.50. The van der Waals surface area contributed by atoms with Crippen molar-refractivity contribution in [3.63, 3.8) is 0 Å². The van der Waals surface area contributed by atoms with Crippen molar-refractivity contribution in [1.29, 1.82) is 0 Å². The van der Waals surface area contributed by atoms with E-state index in [-0.39, 0.29) is 24.9 Å². The molecule has 3 amide bonds. The Morgan fingerprint density at radius 1 is 0.971 bits per heavy atom. The molecule has 3 rings (SSSR count). The van der Waals surface area contributed by atoms with E-state index in [0.29, 0.717) is 16.0 Å². The minimum absolute atomic E-state index is 0.0606. The van der Waals surface area contributed by atoms with E-state index in [2.05, 4.69) is 10.6 Å². The van der Waals surface area contributed by atoms with Crippen molar-refractivity contribution in [3.05, 3.63) is 93.9 Å². The number of carbonyl (C=O) groups is 3. The smallest absolute Gasteiger partial charge is 0.261 e. The van der Waals surface area contributed by atoms with Crippen LogP contribution in [0, 0.1) is 5.82 Å². The Morgan fingerprint density at radius 3 is 2.24 bits per heavy atom. The zero-order valence-corrected chi connectivity index (χ0v) is 20.2. The second kappa shape index (κ2) is 11.1. The zero-order chi connectivity index (χ0) is 24.7. The number of thiophene rings is 1. The number of benzene rings is 2. The lowest BCUT2D eigenvalue weighted by molar-refractivity contribution is -0.141. The van der Waals surface area contributed by atoms with Crippen LogP contribution in [0.25, 0.3) is 0 Å². The summed E-state index contributed by atoms with van der Waals surface area (Å²) in [4.78, 5) is 41.2. The van der Waals surface area contributed by atoms with E-state index >= 15 is 0 Å². The SMILES string of the molecule is CC(C)(C)NC(=O)[C@H](c1ccccc1)N(Cc1ccc(F)cc1)C(=O)CNC(=O)c1cccs1. The number of carbonyl (C=O) groups excluding carboxylic acids is 3. The van der Waals surface area contributed by atoms with Crippen molar-refractivity contribution in [2.75, 3.05) is 6.54 Å². The van der Waals surface area contributed by atoms with Gasteiger partial charge < -0.3 is 15.5 Å². The molecule has 0 spiro atoms. The number of rotatable bonds is 8. The Morgan fingerprint density at radius 2 is 1.65 bits per heavy atom. The summed E-state index contributed by atoms with van der Waals surface area (Å²) in [6.45, 7) is 5.36. The highest BCUT2D eigenvalue weighted by Gasteiger charge is 2.33. The van der Waals surface area contributed by atoms with Crippen LogP contribution in [0.4, 0.5) is 4.39 Å². The topological polar surface area (TPSA) is 78.5 Å². The van der Waals surface area contributed by atoms with E-state index in [1.165, 1.54) is 28.4 Å². The number of nitrogens with zero attached hydrogens (tertiary/aromatic N) is 1. The highest BCUT2D eigenvalue weighted by molar-refractivity contribution is 7.12. The molecule has 1 aromatic heterocycles. The number of hydrogen-bond acceptors (Lipinski definition) is 4. The largest absolute Gasteiger partial charge is 0.349 e. The van der Waals surface area contributed by atoms with Gasteiger partial charge in [0.05, 0.1) is 11.4 Å². The van der Waals surface area contributed by atoms with Gasteiger partial charge >= 0.3 is 0 Å². The van der Waals surface area contributed by atoms with Gasteiger partial charge in [-0.3, -0.25) is 14.4 Å². The third-order valence-corrected chi connectivity index (χ3v) is 5.77. The van der Waals surface area contributed by atoms with Crippen LogP contribution in [0.5, 0.6) is 0 Å². The van der Waals surface area contributed by atoms with Gasteiger partial charge in [0.2, 0.25) is 11.8 Å². The first-order chi connectivity index (χ1) is 16.1. The Balaban J connectivity index is 1.93. The van der Waals surface area contributed by atoms with E-state index < -0.39 is 23.3 Å². The molecule has 0 bridgehead atoms. The van der Waals surface area contributed by atoms with Crippen LogP contribution in [-0.2, 0) is 16.1 Å². The summed E-state index contributed by atoms with van der Waals surface area (Å²) in [6, 6.07) is 17.2. The van der Waals surface area contributed by atoms with Crippen molar-refractivity contribution in [3.8, 4) is 0 Å². The fourth-order valence-electron chi connectivity index (χ4n) is 3.41. The maximum absolute atomic E-state index is 13.5. The predicted octanol–water partition coefficient (Wildman–Crippen LogP) is 4.30. The third-order valence-electron chi connectivity index (χ3n) is 4.91. The summed E-state index contributed by atoms with van der Waals surface area (Å²) < 4.78 is 13.5. The van der Waals surface area contributed by atoms with E-state index in [0.717, 1.165) is 0 Å². The quantitative estimate of drug-likeness (QED) is 0.504. The van der Waals surface area contributed by atoms with Crippen LogP contribution in [0.3, 0.4) is 0 Å². The molecule has 0 unspecified atom stereocenters. The van der Waals surface area contributed by atoms with Gasteiger partial charge in [-0.05, 0) is 55.5 Å². The molecule has 0 saturated heterocycles. The van der Waals surface area contributed by atoms with Crippen LogP contribution < -0.4 is 10.6 Å². The summed E-state index contributed by atoms with van der Waals surface area (Å²) in [5.41, 5.74) is 0.760. The summed E-state index contributed by atoms with van der Waals surface area (Å²) in [5, 5.41) is 7.38. The number of halogens is 1. The average Bonchev–Trinajstić information content (AvgIpc) is 3.33.